The molecule has 2 N–H and O–H groups in total. The van der Waals surface area contributed by atoms with Gasteiger partial charge in [-0.05, 0) is 60.7 Å². The van der Waals surface area contributed by atoms with E-state index in [1.54, 1.807) is 12.1 Å². The van der Waals surface area contributed by atoms with Gasteiger partial charge in [0.2, 0.25) is 15.9 Å². The van der Waals surface area contributed by atoms with Crippen molar-refractivity contribution in [1.29, 1.82) is 0 Å². The number of carbonyl (C=O) groups is 2. The smallest absolute Gasteiger partial charge is 0.265 e. The summed E-state index contributed by atoms with van der Waals surface area (Å²) in [6.07, 6.45) is 2.30. The molecule has 7 nitrogen and oxygen atoms in total. The van der Waals surface area contributed by atoms with E-state index in [-0.39, 0.29) is 22.8 Å². The SMILES string of the molecule is C=CC(=O)NC1CCN(S(=O)(=O)c2ccc(NC(=O)c3cc4ccccc4s3)cc2)CC1. The Morgan fingerprint density at radius 3 is 2.41 bits per heavy atom. The number of carbonyl (C=O) groups excluding carboxylic acids is 2. The van der Waals surface area contributed by atoms with E-state index in [0.29, 0.717) is 36.5 Å². The van der Waals surface area contributed by atoms with Crippen molar-refractivity contribution < 1.29 is 18.0 Å². The van der Waals surface area contributed by atoms with Crippen LogP contribution < -0.4 is 10.6 Å². The summed E-state index contributed by atoms with van der Waals surface area (Å²) in [6, 6.07) is 15.8. The summed E-state index contributed by atoms with van der Waals surface area (Å²) in [5.74, 6) is -0.481. The summed E-state index contributed by atoms with van der Waals surface area (Å²) in [5.41, 5.74) is 0.525. The number of fused-ring (bicyclic) bond motifs is 1. The third-order valence-corrected chi connectivity index (χ3v) is 8.41. The first-order valence-corrected chi connectivity index (χ1v) is 12.5. The van der Waals surface area contributed by atoms with Crippen molar-refractivity contribution in [3.63, 3.8) is 0 Å². The van der Waals surface area contributed by atoms with E-state index in [2.05, 4.69) is 17.2 Å². The zero-order valence-electron chi connectivity index (χ0n) is 17.3. The van der Waals surface area contributed by atoms with E-state index in [4.69, 9.17) is 0 Å². The van der Waals surface area contributed by atoms with Gasteiger partial charge in [0.25, 0.3) is 5.91 Å². The maximum absolute atomic E-state index is 13.0. The Kier molecular flexibility index (Phi) is 6.40. The minimum atomic E-state index is -3.64. The maximum Gasteiger partial charge on any atom is 0.265 e. The molecule has 2 aromatic carbocycles. The van der Waals surface area contributed by atoms with Crippen molar-refractivity contribution in [1.82, 2.24) is 9.62 Å². The number of hydrogen-bond acceptors (Lipinski definition) is 5. The van der Waals surface area contributed by atoms with Gasteiger partial charge < -0.3 is 10.6 Å². The Hall–Kier alpha value is -3.01. The fourth-order valence-corrected chi connectivity index (χ4v) is 6.07. The lowest BCUT2D eigenvalue weighted by molar-refractivity contribution is -0.117. The second kappa shape index (κ2) is 9.23. The molecule has 0 aliphatic carbocycles. The predicted octanol–water partition coefficient (Wildman–Crippen LogP) is 3.61. The van der Waals surface area contributed by atoms with Gasteiger partial charge in [0.05, 0.1) is 9.77 Å². The number of hydrogen-bond donors (Lipinski definition) is 2. The number of piperidine rings is 1. The molecule has 2 heterocycles. The molecule has 1 saturated heterocycles. The van der Waals surface area contributed by atoms with Gasteiger partial charge >= 0.3 is 0 Å². The Labute approximate surface area is 190 Å². The van der Waals surface area contributed by atoms with Crippen LogP contribution in [-0.4, -0.2) is 43.7 Å². The van der Waals surface area contributed by atoms with Crippen LogP contribution in [-0.2, 0) is 14.8 Å². The molecule has 1 aliphatic rings. The third-order valence-electron chi connectivity index (χ3n) is 5.38. The summed E-state index contributed by atoms with van der Waals surface area (Å²) >= 11 is 1.41. The minimum Gasteiger partial charge on any atom is -0.350 e. The van der Waals surface area contributed by atoms with Crippen LogP contribution in [0, 0.1) is 0 Å². The van der Waals surface area contributed by atoms with Crippen LogP contribution >= 0.6 is 11.3 Å². The zero-order chi connectivity index (χ0) is 22.7. The lowest BCUT2D eigenvalue weighted by Crippen LogP contribution is -2.46. The van der Waals surface area contributed by atoms with Gasteiger partial charge in [0, 0.05) is 29.5 Å². The fraction of sp³-hybridized carbons (Fsp3) is 0.217. The molecule has 0 saturated carbocycles. The van der Waals surface area contributed by atoms with Gasteiger partial charge in [-0.15, -0.1) is 11.3 Å². The van der Waals surface area contributed by atoms with Crippen LogP contribution in [0.25, 0.3) is 10.1 Å². The largest absolute Gasteiger partial charge is 0.350 e. The van der Waals surface area contributed by atoms with Crippen molar-refractivity contribution in [3.05, 3.63) is 72.1 Å². The highest BCUT2D eigenvalue weighted by atomic mass is 32.2. The molecular formula is C23H23N3O4S2. The molecule has 1 aliphatic heterocycles. The highest BCUT2D eigenvalue weighted by Gasteiger charge is 2.29. The second-order valence-corrected chi connectivity index (χ2v) is 10.5. The van der Waals surface area contributed by atoms with Gasteiger partial charge in [0.1, 0.15) is 0 Å². The van der Waals surface area contributed by atoms with Crippen LogP contribution in [0.3, 0.4) is 0 Å². The van der Waals surface area contributed by atoms with E-state index < -0.39 is 10.0 Å². The molecule has 0 unspecified atom stereocenters. The molecule has 32 heavy (non-hydrogen) atoms. The van der Waals surface area contributed by atoms with Crippen molar-refractivity contribution in [2.75, 3.05) is 18.4 Å². The molecular weight excluding hydrogens is 446 g/mol. The van der Waals surface area contributed by atoms with Crippen LogP contribution in [0.5, 0.6) is 0 Å². The van der Waals surface area contributed by atoms with E-state index in [9.17, 15) is 18.0 Å². The Morgan fingerprint density at radius 1 is 1.06 bits per heavy atom. The standard InChI is InChI=1S/C23H23N3O4S2/c1-2-22(27)24-18-11-13-26(14-12-18)32(29,30)19-9-7-17(8-10-19)25-23(28)21-15-16-5-3-4-6-20(16)31-21/h2-10,15,18H,1,11-14H2,(H,24,27)(H,25,28). The monoisotopic (exact) mass is 469 g/mol. The molecule has 9 heteroatoms. The Balaban J connectivity index is 1.40. The summed E-state index contributed by atoms with van der Waals surface area (Å²) in [7, 11) is -3.64. The number of rotatable bonds is 6. The molecule has 2 amide bonds. The topological polar surface area (TPSA) is 95.6 Å². The van der Waals surface area contributed by atoms with E-state index >= 15 is 0 Å². The number of thiophene rings is 1. The molecule has 166 valence electrons. The molecule has 0 atom stereocenters. The first-order chi connectivity index (χ1) is 15.4. The second-order valence-electron chi connectivity index (χ2n) is 7.52. The average molecular weight is 470 g/mol. The number of anilines is 1. The lowest BCUT2D eigenvalue weighted by Gasteiger charge is -2.31. The van der Waals surface area contributed by atoms with Crippen molar-refractivity contribution in [2.45, 2.75) is 23.8 Å². The molecule has 1 fully saturated rings. The van der Waals surface area contributed by atoms with Crippen LogP contribution in [0.2, 0.25) is 0 Å². The molecule has 0 spiro atoms. The van der Waals surface area contributed by atoms with Crippen molar-refractivity contribution >= 4 is 48.9 Å². The number of nitrogens with zero attached hydrogens (tertiary/aromatic N) is 1. The minimum absolute atomic E-state index is 0.0570. The molecule has 1 aromatic heterocycles. The summed E-state index contributed by atoms with van der Waals surface area (Å²) < 4.78 is 28.4. The highest BCUT2D eigenvalue weighted by molar-refractivity contribution is 7.89. The van der Waals surface area contributed by atoms with E-state index in [0.717, 1.165) is 10.1 Å². The molecule has 4 rings (SSSR count). The predicted molar refractivity (Wildman–Crippen MR) is 126 cm³/mol. The van der Waals surface area contributed by atoms with Gasteiger partial charge in [-0.25, -0.2) is 8.42 Å². The van der Waals surface area contributed by atoms with Crippen molar-refractivity contribution in [2.24, 2.45) is 0 Å². The van der Waals surface area contributed by atoms with E-state index in [1.165, 1.54) is 33.9 Å². The maximum atomic E-state index is 13.0. The number of benzene rings is 2. The number of nitrogens with one attached hydrogen (secondary N) is 2. The van der Waals surface area contributed by atoms with Crippen LogP contribution in [0.1, 0.15) is 22.5 Å². The Morgan fingerprint density at radius 2 is 1.75 bits per heavy atom. The lowest BCUT2D eigenvalue weighted by atomic mass is 10.1. The summed E-state index contributed by atoms with van der Waals surface area (Å²) in [4.78, 5) is 24.8. The molecule has 3 aromatic rings. The number of amides is 2. The van der Waals surface area contributed by atoms with Gasteiger partial charge in [0.15, 0.2) is 0 Å². The Bertz CT molecular complexity index is 1220. The van der Waals surface area contributed by atoms with Gasteiger partial charge in [-0.1, -0.05) is 24.8 Å². The van der Waals surface area contributed by atoms with Crippen LogP contribution in [0.15, 0.2) is 72.1 Å². The highest BCUT2D eigenvalue weighted by Crippen LogP contribution is 2.27. The van der Waals surface area contributed by atoms with Gasteiger partial charge in [-0.3, -0.25) is 9.59 Å². The summed E-state index contributed by atoms with van der Waals surface area (Å²) in [5, 5.41) is 6.64. The first kappa shape index (κ1) is 22.2. The molecule has 0 bridgehead atoms. The third kappa shape index (κ3) is 4.74. The van der Waals surface area contributed by atoms with Gasteiger partial charge in [-0.2, -0.15) is 4.31 Å². The summed E-state index contributed by atoms with van der Waals surface area (Å²) in [6.45, 7) is 4.08. The normalized spacial score (nSPS) is 15.4. The average Bonchev–Trinajstić information content (AvgIpc) is 3.24. The molecule has 0 radical (unpaired) electrons. The fourth-order valence-electron chi connectivity index (χ4n) is 3.65. The quantitative estimate of drug-likeness (QED) is 0.539. The van der Waals surface area contributed by atoms with E-state index in [1.807, 2.05) is 30.3 Å². The van der Waals surface area contributed by atoms with Crippen LogP contribution in [0.4, 0.5) is 5.69 Å². The number of sulfonamides is 1. The first-order valence-electron chi connectivity index (χ1n) is 10.2. The van der Waals surface area contributed by atoms with Crippen molar-refractivity contribution in [3.8, 4) is 0 Å². The zero-order valence-corrected chi connectivity index (χ0v) is 18.9.